The van der Waals surface area contributed by atoms with Gasteiger partial charge in [0, 0.05) is 0 Å². The summed E-state index contributed by atoms with van der Waals surface area (Å²) in [4.78, 5) is 0. The third kappa shape index (κ3) is 4.89. The normalized spacial score (nSPS) is 15.9. The quantitative estimate of drug-likeness (QED) is 0.208. The first-order valence-corrected chi connectivity index (χ1v) is 9.92. The maximum absolute atomic E-state index is 13.9. The molecule has 0 amide bonds. The molecule has 0 radical (unpaired) electrons. The second kappa shape index (κ2) is 9.04. The molecule has 0 bridgehead atoms. The molecule has 0 saturated carbocycles. The molecule has 0 aliphatic heterocycles. The molecule has 0 spiro atoms. The van der Waals surface area contributed by atoms with Gasteiger partial charge in [0.2, 0.25) is 0 Å². The Labute approximate surface area is 200 Å². The first-order valence-electron chi connectivity index (χ1n) is 8.51. The van der Waals surface area contributed by atoms with E-state index in [0.29, 0.717) is 0 Å². The Morgan fingerprint density at radius 2 is 0.769 bits per heavy atom. The molecule has 39 heavy (non-hydrogen) atoms. The van der Waals surface area contributed by atoms with Crippen molar-refractivity contribution in [1.82, 2.24) is 0 Å². The molecule has 0 aromatic heterocycles. The van der Waals surface area contributed by atoms with Crippen LogP contribution in [0.15, 0.2) is 24.3 Å². The zero-order chi connectivity index (χ0) is 31.7. The van der Waals surface area contributed by atoms with Crippen LogP contribution in [0.1, 0.15) is 5.56 Å². The van der Waals surface area contributed by atoms with Crippen LogP contribution in [-0.4, -0.2) is 55.4 Å². The van der Waals surface area contributed by atoms with Gasteiger partial charge in [-0.3, -0.25) is 0 Å². The first-order chi connectivity index (χ1) is 16.7. The van der Waals surface area contributed by atoms with Gasteiger partial charge in [-0.15, -0.1) is 0 Å². The van der Waals surface area contributed by atoms with Gasteiger partial charge >= 0.3 is 63.3 Å². The molecular weight excluding hydrogens is 640 g/mol. The Kier molecular flexibility index (Phi) is 8.02. The Morgan fingerprint density at radius 1 is 0.462 bits per heavy atom. The Morgan fingerprint density at radius 3 is 1.08 bits per heavy atom. The van der Waals surface area contributed by atoms with Crippen LogP contribution in [-0.2, 0) is 16.3 Å². The number of alkyl halides is 20. The van der Waals surface area contributed by atoms with E-state index in [1.807, 2.05) is 0 Å². The Bertz CT molecular complexity index is 1150. The van der Waals surface area contributed by atoms with Crippen molar-refractivity contribution >= 4 is 10.1 Å². The Balaban J connectivity index is 3.64. The molecule has 0 N–H and O–H groups in total. The summed E-state index contributed by atoms with van der Waals surface area (Å²) in [6, 6.07) is -0.967. The maximum Gasteiger partial charge on any atom is 0.460 e. The summed E-state index contributed by atoms with van der Waals surface area (Å²) in [6.45, 7) is 0. The van der Waals surface area contributed by atoms with Gasteiger partial charge in [-0.25, -0.2) is 0 Å². The molecule has 0 unspecified atom stereocenters. The van der Waals surface area contributed by atoms with E-state index < -0.39 is 74.6 Å². The van der Waals surface area contributed by atoms with Crippen LogP contribution < -0.4 is 4.18 Å². The topological polar surface area (TPSA) is 43.4 Å². The van der Waals surface area contributed by atoms with Gasteiger partial charge in [-0.05, 0) is 24.3 Å². The fourth-order valence-electron chi connectivity index (χ4n) is 2.18. The van der Waals surface area contributed by atoms with Gasteiger partial charge in [-0.2, -0.15) is 96.2 Å². The second-order valence-electron chi connectivity index (χ2n) is 7.02. The van der Waals surface area contributed by atoms with E-state index in [1.165, 1.54) is 0 Å². The van der Waals surface area contributed by atoms with Crippen molar-refractivity contribution in [3.05, 3.63) is 29.8 Å². The van der Waals surface area contributed by atoms with Crippen molar-refractivity contribution in [2.45, 2.75) is 53.1 Å². The third-order valence-electron chi connectivity index (χ3n) is 4.39. The second-order valence-corrected chi connectivity index (χ2v) is 8.61. The molecule has 0 fully saturated rings. The summed E-state index contributed by atoms with van der Waals surface area (Å²) in [5.41, 5.74) is -1.71. The minimum atomic E-state index is -9.02. The molecule has 0 saturated heterocycles. The van der Waals surface area contributed by atoms with Crippen LogP contribution in [0.25, 0.3) is 0 Å². The van der Waals surface area contributed by atoms with Crippen molar-refractivity contribution in [3.63, 3.8) is 0 Å². The largest absolute Gasteiger partial charge is 0.460 e. The van der Waals surface area contributed by atoms with E-state index in [-0.39, 0.29) is 24.3 Å². The molecule has 24 heteroatoms. The van der Waals surface area contributed by atoms with E-state index in [1.54, 1.807) is 0 Å². The SMILES string of the molecule is O=S(=O)(Oc1ccc(C(F)(F)F)cc1)C(F)(F)C(F)(F)C(F)(F)C(F)(F)C(F)(F)C(F)(F)C(F)(F)C(F)(F)F. The molecule has 1 aromatic rings. The molecule has 0 aliphatic carbocycles. The summed E-state index contributed by atoms with van der Waals surface area (Å²) >= 11 is 0. The first kappa shape index (κ1) is 34.6. The predicted molar refractivity (Wildman–Crippen MR) is 81.7 cm³/mol. The lowest BCUT2D eigenvalue weighted by Gasteiger charge is -2.42. The molecule has 1 aromatic carbocycles. The molecule has 0 atom stereocenters. The average Bonchev–Trinajstić information content (AvgIpc) is 2.71. The number of benzene rings is 1. The standard InChI is InChI=1S/C15H4F20O3S/c16-7(17,18)5-1-3-6(4-2-5)38-39(36,37)15(34,35)13(29,30)11(25,26)9(21,22)8(19,20)10(23,24)12(27,28)14(31,32)33/h1-4H. The smallest absolute Gasteiger partial charge is 0.378 e. The monoisotopic (exact) mass is 644 g/mol. The lowest BCUT2D eigenvalue weighted by molar-refractivity contribution is -0.458. The minimum absolute atomic E-state index is 0.215. The van der Waals surface area contributed by atoms with E-state index in [9.17, 15) is 96.2 Å². The summed E-state index contributed by atoms with van der Waals surface area (Å²) in [5.74, 6) is -54.6. The van der Waals surface area contributed by atoms with Gasteiger partial charge in [0.15, 0.2) is 0 Å². The minimum Gasteiger partial charge on any atom is -0.378 e. The zero-order valence-corrected chi connectivity index (χ0v) is 17.8. The van der Waals surface area contributed by atoms with Crippen LogP contribution in [0.3, 0.4) is 0 Å². The maximum atomic E-state index is 13.9. The number of hydrogen-bond acceptors (Lipinski definition) is 3. The average molecular weight is 644 g/mol. The van der Waals surface area contributed by atoms with Crippen LogP contribution in [0.5, 0.6) is 5.75 Å². The van der Waals surface area contributed by atoms with Crippen molar-refractivity contribution in [3.8, 4) is 5.75 Å². The molecule has 1 rings (SSSR count). The molecule has 0 heterocycles. The zero-order valence-electron chi connectivity index (χ0n) is 17.0. The van der Waals surface area contributed by atoms with Gasteiger partial charge in [-0.1, -0.05) is 0 Å². The molecule has 3 nitrogen and oxygen atoms in total. The van der Waals surface area contributed by atoms with E-state index in [2.05, 4.69) is 4.18 Å². The lowest BCUT2D eigenvalue weighted by atomic mass is 9.91. The van der Waals surface area contributed by atoms with Crippen molar-refractivity contribution < 1.29 is 100 Å². The van der Waals surface area contributed by atoms with Crippen LogP contribution in [0.2, 0.25) is 0 Å². The van der Waals surface area contributed by atoms with Crippen molar-refractivity contribution in [1.29, 1.82) is 0 Å². The highest BCUT2D eigenvalue weighted by molar-refractivity contribution is 7.88. The fourth-order valence-corrected chi connectivity index (χ4v) is 3.10. The number of hydrogen-bond donors (Lipinski definition) is 0. The summed E-state index contributed by atoms with van der Waals surface area (Å²) in [6.07, 6.45) is -13.2. The van der Waals surface area contributed by atoms with E-state index >= 15 is 0 Å². The van der Waals surface area contributed by atoms with Gasteiger partial charge < -0.3 is 4.18 Å². The fraction of sp³-hybridized carbons (Fsp3) is 0.600. The van der Waals surface area contributed by atoms with Crippen LogP contribution >= 0.6 is 0 Å². The number of rotatable bonds is 9. The summed E-state index contributed by atoms with van der Waals surface area (Å²) < 4.78 is 287. The van der Waals surface area contributed by atoms with Gasteiger partial charge in [0.25, 0.3) is 0 Å². The Hall–Kier alpha value is -2.43. The lowest BCUT2D eigenvalue weighted by Crippen LogP contribution is -2.75. The van der Waals surface area contributed by atoms with Crippen molar-refractivity contribution in [2.75, 3.05) is 0 Å². The highest BCUT2D eigenvalue weighted by atomic mass is 32.2. The van der Waals surface area contributed by atoms with Crippen LogP contribution in [0.4, 0.5) is 87.8 Å². The summed E-state index contributed by atoms with van der Waals surface area (Å²) in [5, 5.41) is -7.95. The number of halogens is 20. The third-order valence-corrected chi connectivity index (χ3v) is 5.69. The van der Waals surface area contributed by atoms with E-state index in [4.69, 9.17) is 0 Å². The van der Waals surface area contributed by atoms with Crippen LogP contribution in [0, 0.1) is 0 Å². The highest BCUT2D eigenvalue weighted by Crippen LogP contribution is 2.64. The predicted octanol–water partition coefficient (Wildman–Crippen LogP) is 7.38. The van der Waals surface area contributed by atoms with Gasteiger partial charge in [0.1, 0.15) is 5.75 Å². The van der Waals surface area contributed by atoms with Gasteiger partial charge in [0.05, 0.1) is 5.56 Å². The molecule has 228 valence electrons. The summed E-state index contributed by atoms with van der Waals surface area (Å²) in [7, 11) is -7.93. The molecular formula is C15H4F20O3S. The van der Waals surface area contributed by atoms with Crippen molar-refractivity contribution in [2.24, 2.45) is 0 Å². The molecule has 0 aliphatic rings. The highest BCUT2D eigenvalue weighted by Gasteiger charge is 2.96. The van der Waals surface area contributed by atoms with E-state index in [0.717, 1.165) is 0 Å².